The molecule has 3 aromatic rings. The van der Waals surface area contributed by atoms with E-state index >= 15 is 0 Å². The van der Waals surface area contributed by atoms with Gasteiger partial charge in [0, 0.05) is 12.6 Å². The maximum Gasteiger partial charge on any atom is 0.161 e. The van der Waals surface area contributed by atoms with Gasteiger partial charge >= 0.3 is 0 Å². The lowest BCUT2D eigenvalue weighted by Gasteiger charge is -2.09. The Bertz CT molecular complexity index is 783. The van der Waals surface area contributed by atoms with Gasteiger partial charge in [0.25, 0.3) is 0 Å². The number of ether oxygens (including phenoxy) is 2. The average Bonchev–Trinajstić information content (AvgIpc) is 2.84. The number of rotatable bonds is 4. The van der Waals surface area contributed by atoms with Crippen molar-refractivity contribution in [1.82, 2.24) is 9.38 Å². The van der Waals surface area contributed by atoms with Gasteiger partial charge in [-0.3, -0.25) is 0 Å². The third kappa shape index (κ3) is 2.61. The zero-order valence-electron chi connectivity index (χ0n) is 11.8. The Kier molecular flexibility index (Phi) is 3.84. The van der Waals surface area contributed by atoms with Crippen LogP contribution in [0.2, 0.25) is 0 Å². The highest BCUT2D eigenvalue weighted by atomic mass is 79.9. The predicted octanol–water partition coefficient (Wildman–Crippen LogP) is 3.70. The Labute approximate surface area is 131 Å². The molecule has 0 aliphatic rings. The molecule has 0 bridgehead atoms. The molecule has 5 heteroatoms. The monoisotopic (exact) mass is 346 g/mol. The highest BCUT2D eigenvalue weighted by Crippen LogP contribution is 2.29. The minimum atomic E-state index is 0.719. The first kappa shape index (κ1) is 13.9. The number of pyridine rings is 1. The van der Waals surface area contributed by atoms with Gasteiger partial charge in [0.05, 0.1) is 19.7 Å². The van der Waals surface area contributed by atoms with E-state index < -0.39 is 0 Å². The van der Waals surface area contributed by atoms with Crippen LogP contribution < -0.4 is 9.47 Å². The SMILES string of the molecule is COc1ccc(Cc2nc(Br)c3ccccn23)cc1OC. The minimum absolute atomic E-state index is 0.719. The van der Waals surface area contributed by atoms with E-state index in [4.69, 9.17) is 9.47 Å². The Morgan fingerprint density at radius 3 is 2.67 bits per heavy atom. The summed E-state index contributed by atoms with van der Waals surface area (Å²) >= 11 is 3.51. The van der Waals surface area contributed by atoms with Crippen molar-refractivity contribution in [1.29, 1.82) is 0 Å². The first-order valence-corrected chi connectivity index (χ1v) is 7.34. The van der Waals surface area contributed by atoms with Gasteiger partial charge in [0.15, 0.2) is 11.5 Å². The highest BCUT2D eigenvalue weighted by molar-refractivity contribution is 9.10. The normalized spacial score (nSPS) is 10.8. The molecule has 0 unspecified atom stereocenters. The van der Waals surface area contributed by atoms with Crippen molar-refractivity contribution >= 4 is 21.4 Å². The van der Waals surface area contributed by atoms with Crippen LogP contribution in [0.25, 0.3) is 5.52 Å². The van der Waals surface area contributed by atoms with Gasteiger partial charge < -0.3 is 13.9 Å². The summed E-state index contributed by atoms with van der Waals surface area (Å²) in [6, 6.07) is 12.0. The van der Waals surface area contributed by atoms with Crippen LogP contribution in [-0.4, -0.2) is 23.6 Å². The molecule has 0 N–H and O–H groups in total. The Hall–Kier alpha value is -2.01. The first-order valence-electron chi connectivity index (χ1n) is 6.55. The van der Waals surface area contributed by atoms with Crippen LogP contribution in [-0.2, 0) is 6.42 Å². The van der Waals surface area contributed by atoms with Gasteiger partial charge in [0.2, 0.25) is 0 Å². The Morgan fingerprint density at radius 1 is 1.10 bits per heavy atom. The average molecular weight is 347 g/mol. The number of aromatic nitrogens is 2. The smallest absolute Gasteiger partial charge is 0.161 e. The molecule has 0 radical (unpaired) electrons. The lowest BCUT2D eigenvalue weighted by molar-refractivity contribution is 0.354. The summed E-state index contributed by atoms with van der Waals surface area (Å²) in [5, 5.41) is 0. The number of hydrogen-bond acceptors (Lipinski definition) is 3. The van der Waals surface area contributed by atoms with E-state index in [-0.39, 0.29) is 0 Å². The maximum absolute atomic E-state index is 5.35. The molecule has 21 heavy (non-hydrogen) atoms. The van der Waals surface area contributed by atoms with Gasteiger partial charge in [-0.2, -0.15) is 0 Å². The standard InChI is InChI=1S/C16H15BrN2O2/c1-20-13-7-6-11(9-14(13)21-2)10-15-18-16(17)12-5-3-4-8-19(12)15/h3-9H,10H2,1-2H3. The fourth-order valence-corrected chi connectivity index (χ4v) is 2.89. The second-order valence-electron chi connectivity index (χ2n) is 4.64. The lowest BCUT2D eigenvalue weighted by atomic mass is 10.1. The molecule has 0 aliphatic carbocycles. The van der Waals surface area contributed by atoms with Crippen LogP contribution in [0.1, 0.15) is 11.4 Å². The number of imidazole rings is 1. The summed E-state index contributed by atoms with van der Waals surface area (Å²) in [7, 11) is 3.28. The fourth-order valence-electron chi connectivity index (χ4n) is 2.36. The summed E-state index contributed by atoms with van der Waals surface area (Å²) < 4.78 is 13.6. The number of methoxy groups -OCH3 is 2. The van der Waals surface area contributed by atoms with Crippen LogP contribution in [0.3, 0.4) is 0 Å². The van der Waals surface area contributed by atoms with Gasteiger partial charge in [-0.15, -0.1) is 0 Å². The van der Waals surface area contributed by atoms with E-state index in [2.05, 4.69) is 25.3 Å². The second-order valence-corrected chi connectivity index (χ2v) is 5.39. The Balaban J connectivity index is 1.99. The van der Waals surface area contributed by atoms with Crippen molar-refractivity contribution in [2.24, 2.45) is 0 Å². The molecule has 0 fully saturated rings. The molecule has 0 atom stereocenters. The van der Waals surface area contributed by atoms with Gasteiger partial charge in [0.1, 0.15) is 10.4 Å². The first-order chi connectivity index (χ1) is 10.2. The molecular formula is C16H15BrN2O2. The quantitative estimate of drug-likeness (QED) is 0.722. The number of benzene rings is 1. The van der Waals surface area contributed by atoms with Gasteiger partial charge in [-0.1, -0.05) is 12.1 Å². The van der Waals surface area contributed by atoms with E-state index in [1.807, 2.05) is 42.6 Å². The van der Waals surface area contributed by atoms with Gasteiger partial charge in [-0.05, 0) is 45.8 Å². The van der Waals surface area contributed by atoms with E-state index in [9.17, 15) is 0 Å². The lowest BCUT2D eigenvalue weighted by Crippen LogP contribution is -1.97. The van der Waals surface area contributed by atoms with E-state index in [0.29, 0.717) is 0 Å². The zero-order valence-corrected chi connectivity index (χ0v) is 13.4. The van der Waals surface area contributed by atoms with E-state index in [1.54, 1.807) is 14.2 Å². The van der Waals surface area contributed by atoms with Crippen molar-refractivity contribution in [3.8, 4) is 11.5 Å². The summed E-state index contributed by atoms with van der Waals surface area (Å²) in [4.78, 5) is 4.59. The van der Waals surface area contributed by atoms with Crippen molar-refractivity contribution in [2.45, 2.75) is 6.42 Å². The molecule has 3 rings (SSSR count). The molecular weight excluding hydrogens is 332 g/mol. The van der Waals surface area contributed by atoms with E-state index in [1.165, 1.54) is 0 Å². The summed E-state index contributed by atoms with van der Waals surface area (Å²) in [5.74, 6) is 2.44. The molecule has 2 aromatic heterocycles. The molecule has 2 heterocycles. The molecule has 0 saturated carbocycles. The molecule has 4 nitrogen and oxygen atoms in total. The molecule has 0 saturated heterocycles. The maximum atomic E-state index is 5.35. The van der Waals surface area contributed by atoms with Crippen LogP contribution in [0.4, 0.5) is 0 Å². The zero-order chi connectivity index (χ0) is 14.8. The third-order valence-electron chi connectivity index (χ3n) is 3.39. The number of halogens is 1. The summed E-state index contributed by atoms with van der Waals surface area (Å²) in [6.45, 7) is 0. The van der Waals surface area contributed by atoms with Crippen LogP contribution >= 0.6 is 15.9 Å². The van der Waals surface area contributed by atoms with Crippen LogP contribution in [0.5, 0.6) is 11.5 Å². The van der Waals surface area contributed by atoms with Crippen molar-refractivity contribution < 1.29 is 9.47 Å². The van der Waals surface area contributed by atoms with Crippen LogP contribution in [0, 0.1) is 0 Å². The summed E-state index contributed by atoms with van der Waals surface area (Å²) in [6.07, 6.45) is 2.74. The Morgan fingerprint density at radius 2 is 1.90 bits per heavy atom. The molecule has 0 aliphatic heterocycles. The number of nitrogens with zero attached hydrogens (tertiary/aromatic N) is 2. The molecule has 1 aromatic carbocycles. The number of hydrogen-bond donors (Lipinski definition) is 0. The molecule has 0 spiro atoms. The van der Waals surface area contributed by atoms with Crippen LogP contribution in [0.15, 0.2) is 47.2 Å². The second kappa shape index (κ2) is 5.77. The molecule has 0 amide bonds. The highest BCUT2D eigenvalue weighted by Gasteiger charge is 2.11. The van der Waals surface area contributed by atoms with Crippen molar-refractivity contribution in [2.75, 3.05) is 14.2 Å². The summed E-state index contributed by atoms with van der Waals surface area (Å²) in [5.41, 5.74) is 2.18. The topological polar surface area (TPSA) is 35.8 Å². The largest absolute Gasteiger partial charge is 0.493 e. The molecule has 108 valence electrons. The number of fused-ring (bicyclic) bond motifs is 1. The minimum Gasteiger partial charge on any atom is -0.493 e. The third-order valence-corrected chi connectivity index (χ3v) is 3.97. The van der Waals surface area contributed by atoms with Crippen molar-refractivity contribution in [3.05, 3.63) is 58.6 Å². The van der Waals surface area contributed by atoms with Crippen molar-refractivity contribution in [3.63, 3.8) is 0 Å². The fraction of sp³-hybridized carbons (Fsp3) is 0.188. The van der Waals surface area contributed by atoms with E-state index in [0.717, 1.165) is 39.4 Å². The predicted molar refractivity (Wildman–Crippen MR) is 85.2 cm³/mol. The van der Waals surface area contributed by atoms with Gasteiger partial charge in [-0.25, -0.2) is 4.98 Å².